The van der Waals surface area contributed by atoms with E-state index in [0.717, 1.165) is 40.6 Å². The van der Waals surface area contributed by atoms with E-state index in [2.05, 4.69) is 34.1 Å². The molecule has 2 aliphatic rings. The summed E-state index contributed by atoms with van der Waals surface area (Å²) in [4.78, 5) is 12.9. The quantitative estimate of drug-likeness (QED) is 0.771. The van der Waals surface area contributed by atoms with Crippen LogP contribution >= 0.6 is 15.9 Å². The summed E-state index contributed by atoms with van der Waals surface area (Å²) in [5, 5.41) is 0. The monoisotopic (exact) mass is 342 g/mol. The predicted octanol–water partition coefficient (Wildman–Crippen LogP) is 3.98. The molecule has 0 spiro atoms. The Morgan fingerprint density at radius 2 is 1.81 bits per heavy atom. The lowest BCUT2D eigenvalue weighted by Crippen LogP contribution is -2.16. The molecule has 0 fully saturated rings. The van der Waals surface area contributed by atoms with Gasteiger partial charge in [-0.1, -0.05) is 40.2 Å². The molecule has 0 saturated heterocycles. The Labute approximate surface area is 132 Å². The van der Waals surface area contributed by atoms with Crippen LogP contribution in [0.1, 0.15) is 27.0 Å². The van der Waals surface area contributed by atoms with Crippen LogP contribution in [0.2, 0.25) is 0 Å². The Morgan fingerprint density at radius 1 is 1.10 bits per heavy atom. The van der Waals surface area contributed by atoms with Crippen molar-refractivity contribution in [3.63, 3.8) is 0 Å². The van der Waals surface area contributed by atoms with Gasteiger partial charge in [0.15, 0.2) is 5.78 Å². The maximum atomic E-state index is 12.9. The van der Waals surface area contributed by atoms with Crippen LogP contribution < -0.4 is 4.74 Å². The molecular weight excluding hydrogens is 328 g/mol. The fourth-order valence-electron chi connectivity index (χ4n) is 3.42. The lowest BCUT2D eigenvalue weighted by molar-refractivity contribution is 0.0921. The molecule has 106 valence electrons. The first-order chi connectivity index (χ1) is 10.2. The van der Waals surface area contributed by atoms with E-state index in [-0.39, 0.29) is 11.7 Å². The molecule has 0 unspecified atom stereocenters. The molecule has 0 N–H and O–H groups in total. The number of Topliss-reactive ketones (excluding diaryl/α,β-unsaturated/α-hetero) is 1. The van der Waals surface area contributed by atoms with Crippen LogP contribution in [0.5, 0.6) is 5.75 Å². The maximum Gasteiger partial charge on any atom is 0.170 e. The molecule has 2 nitrogen and oxygen atoms in total. The normalized spacial score (nSPS) is 16.4. The molecule has 1 aliphatic carbocycles. The van der Waals surface area contributed by atoms with Crippen molar-refractivity contribution in [2.24, 2.45) is 5.92 Å². The molecule has 21 heavy (non-hydrogen) atoms. The SMILES string of the molecule is O=C(c1cc(Br)cc2c1OCC2)C1Cc2ccccc2C1. The van der Waals surface area contributed by atoms with Gasteiger partial charge in [-0.15, -0.1) is 0 Å². The van der Waals surface area contributed by atoms with Crippen molar-refractivity contribution in [1.82, 2.24) is 0 Å². The standard InChI is InChI=1S/C18H15BrO2/c19-15-9-13-5-6-21-18(13)16(10-15)17(20)14-7-11-3-1-2-4-12(11)8-14/h1-4,9-10,14H,5-8H2. The number of hydrogen-bond donors (Lipinski definition) is 0. The second kappa shape index (κ2) is 4.99. The van der Waals surface area contributed by atoms with Gasteiger partial charge in [0.2, 0.25) is 0 Å². The minimum absolute atomic E-state index is 0.0463. The first-order valence-corrected chi connectivity index (χ1v) is 8.08. The van der Waals surface area contributed by atoms with E-state index in [0.29, 0.717) is 6.61 Å². The summed E-state index contributed by atoms with van der Waals surface area (Å²) < 4.78 is 6.66. The van der Waals surface area contributed by atoms with Gasteiger partial charge in [-0.2, -0.15) is 0 Å². The molecule has 0 radical (unpaired) electrons. The molecule has 0 aromatic heterocycles. The number of benzene rings is 2. The first kappa shape index (κ1) is 13.1. The highest BCUT2D eigenvalue weighted by atomic mass is 79.9. The Balaban J connectivity index is 1.68. The van der Waals surface area contributed by atoms with E-state index in [4.69, 9.17) is 4.74 Å². The number of rotatable bonds is 2. The summed E-state index contributed by atoms with van der Waals surface area (Å²) in [6, 6.07) is 12.3. The molecule has 0 saturated carbocycles. The summed E-state index contributed by atoms with van der Waals surface area (Å²) in [7, 11) is 0. The summed E-state index contributed by atoms with van der Waals surface area (Å²) in [6.45, 7) is 0.678. The van der Waals surface area contributed by atoms with Gasteiger partial charge in [-0.3, -0.25) is 4.79 Å². The van der Waals surface area contributed by atoms with Gasteiger partial charge in [0.25, 0.3) is 0 Å². The Morgan fingerprint density at radius 3 is 2.52 bits per heavy atom. The van der Waals surface area contributed by atoms with Crippen molar-refractivity contribution < 1.29 is 9.53 Å². The van der Waals surface area contributed by atoms with Crippen LogP contribution in [0.15, 0.2) is 40.9 Å². The number of ketones is 1. The zero-order valence-electron chi connectivity index (χ0n) is 11.6. The van der Waals surface area contributed by atoms with Gasteiger partial charge in [0.1, 0.15) is 5.75 Å². The van der Waals surface area contributed by atoms with E-state index in [1.54, 1.807) is 0 Å². The molecule has 1 aliphatic heterocycles. The van der Waals surface area contributed by atoms with Crippen LogP contribution in [-0.2, 0) is 19.3 Å². The van der Waals surface area contributed by atoms with Crippen LogP contribution in [0.3, 0.4) is 0 Å². The Kier molecular flexibility index (Phi) is 3.11. The number of halogens is 1. The first-order valence-electron chi connectivity index (χ1n) is 7.28. The molecule has 0 amide bonds. The van der Waals surface area contributed by atoms with Crippen LogP contribution in [-0.4, -0.2) is 12.4 Å². The van der Waals surface area contributed by atoms with E-state index >= 15 is 0 Å². The van der Waals surface area contributed by atoms with Gasteiger partial charge in [-0.05, 0) is 41.7 Å². The van der Waals surface area contributed by atoms with Gasteiger partial charge in [0.05, 0.1) is 12.2 Å². The van der Waals surface area contributed by atoms with E-state index < -0.39 is 0 Å². The van der Waals surface area contributed by atoms with Gasteiger partial charge >= 0.3 is 0 Å². The molecule has 0 atom stereocenters. The largest absolute Gasteiger partial charge is 0.492 e. The molecule has 1 heterocycles. The van der Waals surface area contributed by atoms with Crippen molar-refractivity contribution in [2.75, 3.05) is 6.61 Å². The zero-order valence-corrected chi connectivity index (χ0v) is 13.2. The zero-order chi connectivity index (χ0) is 14.4. The highest BCUT2D eigenvalue weighted by Gasteiger charge is 2.31. The fraction of sp³-hybridized carbons (Fsp3) is 0.278. The van der Waals surface area contributed by atoms with E-state index in [1.165, 1.54) is 11.1 Å². The molecule has 0 bridgehead atoms. The van der Waals surface area contributed by atoms with Crippen LogP contribution in [0.25, 0.3) is 0 Å². The van der Waals surface area contributed by atoms with E-state index in [1.807, 2.05) is 18.2 Å². The molecule has 3 heteroatoms. The third-order valence-corrected chi connectivity index (χ3v) is 4.89. The van der Waals surface area contributed by atoms with Gasteiger partial charge in [0, 0.05) is 16.8 Å². The fourth-order valence-corrected chi connectivity index (χ4v) is 3.92. The third kappa shape index (κ3) is 2.20. The average molecular weight is 343 g/mol. The lowest BCUT2D eigenvalue weighted by Gasteiger charge is -2.12. The predicted molar refractivity (Wildman–Crippen MR) is 85.0 cm³/mol. The second-order valence-corrected chi connectivity index (χ2v) is 6.69. The number of carbonyl (C=O) groups is 1. The second-order valence-electron chi connectivity index (χ2n) is 5.78. The number of fused-ring (bicyclic) bond motifs is 2. The lowest BCUT2D eigenvalue weighted by atomic mass is 9.93. The maximum absolute atomic E-state index is 12.9. The van der Waals surface area contributed by atoms with Gasteiger partial charge < -0.3 is 4.74 Å². The minimum atomic E-state index is 0.0463. The number of carbonyl (C=O) groups excluding carboxylic acids is 1. The van der Waals surface area contributed by atoms with Crippen LogP contribution in [0, 0.1) is 5.92 Å². The summed E-state index contributed by atoms with van der Waals surface area (Å²) in [6.07, 6.45) is 2.58. The molecule has 2 aromatic rings. The van der Waals surface area contributed by atoms with E-state index in [9.17, 15) is 4.79 Å². The van der Waals surface area contributed by atoms with Crippen molar-refractivity contribution in [3.05, 3.63) is 63.1 Å². The molecular formula is C18H15BrO2. The molecule has 2 aromatic carbocycles. The summed E-state index contributed by atoms with van der Waals surface area (Å²) >= 11 is 3.51. The Hall–Kier alpha value is -1.61. The van der Waals surface area contributed by atoms with Crippen molar-refractivity contribution in [3.8, 4) is 5.75 Å². The molecule has 4 rings (SSSR count). The number of hydrogen-bond acceptors (Lipinski definition) is 2. The highest BCUT2D eigenvalue weighted by molar-refractivity contribution is 9.10. The van der Waals surface area contributed by atoms with Gasteiger partial charge in [-0.25, -0.2) is 0 Å². The average Bonchev–Trinajstić information content (AvgIpc) is 3.11. The smallest absolute Gasteiger partial charge is 0.170 e. The summed E-state index contributed by atoms with van der Waals surface area (Å²) in [5.41, 5.74) is 4.50. The topological polar surface area (TPSA) is 26.3 Å². The number of ether oxygens (including phenoxy) is 1. The van der Waals surface area contributed by atoms with Crippen molar-refractivity contribution in [1.29, 1.82) is 0 Å². The van der Waals surface area contributed by atoms with Crippen LogP contribution in [0.4, 0.5) is 0 Å². The van der Waals surface area contributed by atoms with Crippen molar-refractivity contribution in [2.45, 2.75) is 19.3 Å². The van der Waals surface area contributed by atoms with Crippen molar-refractivity contribution >= 4 is 21.7 Å². The summed E-state index contributed by atoms with van der Waals surface area (Å²) in [5.74, 6) is 1.06. The third-order valence-electron chi connectivity index (χ3n) is 4.44. The highest BCUT2D eigenvalue weighted by Crippen LogP contribution is 2.37. The minimum Gasteiger partial charge on any atom is -0.492 e. The Bertz CT molecular complexity index is 711.